The van der Waals surface area contributed by atoms with Crippen molar-refractivity contribution >= 4 is 0 Å². The number of ether oxygens (including phenoxy) is 2. The fourth-order valence-corrected chi connectivity index (χ4v) is 4.59. The molecule has 0 N–H and O–H groups in total. The topological polar surface area (TPSA) is 104 Å². The van der Waals surface area contributed by atoms with Crippen LogP contribution in [0.4, 0.5) is 13.2 Å². The normalized spacial score (nSPS) is 14.1. The molecule has 4 aromatic rings. The van der Waals surface area contributed by atoms with Gasteiger partial charge in [-0.3, -0.25) is 13.9 Å². The molecule has 1 aliphatic rings. The van der Waals surface area contributed by atoms with Gasteiger partial charge < -0.3 is 9.47 Å². The second-order valence-corrected chi connectivity index (χ2v) is 8.95. The molecule has 12 heteroatoms. The fourth-order valence-electron chi connectivity index (χ4n) is 4.59. The van der Waals surface area contributed by atoms with Crippen LogP contribution >= 0.6 is 0 Å². The SMILES string of the molecule is Cc1c(-c2c(CC3OCCO3)cnn2-c2ccc(C#N)cc2)c(=O)n(C)c(=O)n1-c1cccc(C(F)(F)F)c1. The Hall–Kier alpha value is -4.47. The predicted molar refractivity (Wildman–Crippen MR) is 134 cm³/mol. The van der Waals surface area contributed by atoms with Crippen LogP contribution < -0.4 is 11.2 Å². The smallest absolute Gasteiger partial charge is 0.350 e. The van der Waals surface area contributed by atoms with Crippen LogP contribution in [0.5, 0.6) is 0 Å². The molecule has 1 aliphatic heterocycles. The van der Waals surface area contributed by atoms with Gasteiger partial charge in [-0.05, 0) is 49.4 Å². The highest BCUT2D eigenvalue weighted by molar-refractivity contribution is 5.68. The lowest BCUT2D eigenvalue weighted by molar-refractivity contribution is -0.137. The molecule has 0 aliphatic carbocycles. The van der Waals surface area contributed by atoms with E-state index in [1.165, 1.54) is 30.8 Å². The first-order valence-electron chi connectivity index (χ1n) is 11.9. The van der Waals surface area contributed by atoms with Gasteiger partial charge in [-0.2, -0.15) is 23.5 Å². The maximum absolute atomic E-state index is 13.6. The molecule has 39 heavy (non-hydrogen) atoms. The molecule has 2 aromatic heterocycles. The molecule has 200 valence electrons. The summed E-state index contributed by atoms with van der Waals surface area (Å²) in [7, 11) is 1.27. The van der Waals surface area contributed by atoms with E-state index < -0.39 is 29.3 Å². The molecule has 2 aromatic carbocycles. The van der Waals surface area contributed by atoms with Crippen molar-refractivity contribution in [3.05, 3.63) is 98.0 Å². The molecule has 1 saturated heterocycles. The van der Waals surface area contributed by atoms with Crippen LogP contribution in [0.25, 0.3) is 22.6 Å². The van der Waals surface area contributed by atoms with Gasteiger partial charge in [0.2, 0.25) is 0 Å². The number of hydrogen-bond acceptors (Lipinski definition) is 6. The van der Waals surface area contributed by atoms with E-state index >= 15 is 0 Å². The molecule has 0 amide bonds. The summed E-state index contributed by atoms with van der Waals surface area (Å²) in [5, 5.41) is 13.7. The first-order valence-corrected chi connectivity index (χ1v) is 11.9. The molecule has 0 spiro atoms. The van der Waals surface area contributed by atoms with Gasteiger partial charge >= 0.3 is 11.9 Å². The van der Waals surface area contributed by atoms with E-state index in [4.69, 9.17) is 9.47 Å². The van der Waals surface area contributed by atoms with Crippen molar-refractivity contribution in [1.82, 2.24) is 18.9 Å². The minimum absolute atomic E-state index is 0.0439. The number of alkyl halides is 3. The van der Waals surface area contributed by atoms with Crippen LogP contribution in [0.1, 0.15) is 22.4 Å². The standard InChI is InChI=1S/C27H22F3N5O4/c1-16-23(25(36)33(2)26(37)34(16)21-5-3-4-19(13-21)27(28,29)30)24-18(12-22-38-10-11-39-22)15-32-35(24)20-8-6-17(14-31)7-9-20/h3-9,13,15,22H,10-12H2,1-2H3. The molecular formula is C27H22F3N5O4. The van der Waals surface area contributed by atoms with E-state index in [2.05, 4.69) is 5.10 Å². The Labute approximate surface area is 219 Å². The van der Waals surface area contributed by atoms with Gasteiger partial charge in [0.15, 0.2) is 6.29 Å². The second-order valence-electron chi connectivity index (χ2n) is 8.95. The summed E-state index contributed by atoms with van der Waals surface area (Å²) in [5.74, 6) is 0. The number of nitrogens with zero attached hydrogens (tertiary/aromatic N) is 5. The highest BCUT2D eigenvalue weighted by atomic mass is 19.4. The molecule has 0 saturated carbocycles. The van der Waals surface area contributed by atoms with Crippen molar-refractivity contribution in [3.8, 4) is 28.7 Å². The maximum Gasteiger partial charge on any atom is 0.416 e. The molecule has 0 radical (unpaired) electrons. The molecule has 5 rings (SSSR count). The van der Waals surface area contributed by atoms with Crippen LogP contribution in [0.2, 0.25) is 0 Å². The number of aromatic nitrogens is 4. The Bertz CT molecular complexity index is 1710. The molecule has 3 heterocycles. The second kappa shape index (κ2) is 10.0. The van der Waals surface area contributed by atoms with Crippen molar-refractivity contribution in [3.63, 3.8) is 0 Å². The lowest BCUT2D eigenvalue weighted by atomic mass is 10.0. The molecule has 1 fully saturated rings. The van der Waals surface area contributed by atoms with Crippen LogP contribution in [0.15, 0.2) is 64.3 Å². The zero-order valence-electron chi connectivity index (χ0n) is 20.9. The van der Waals surface area contributed by atoms with Crippen molar-refractivity contribution in [2.24, 2.45) is 7.05 Å². The molecule has 0 bridgehead atoms. The summed E-state index contributed by atoms with van der Waals surface area (Å²) in [5.41, 5.74) is -0.361. The lowest BCUT2D eigenvalue weighted by Gasteiger charge is -2.19. The Morgan fingerprint density at radius 2 is 1.77 bits per heavy atom. The largest absolute Gasteiger partial charge is 0.416 e. The van der Waals surface area contributed by atoms with Crippen LogP contribution in [0.3, 0.4) is 0 Å². The third-order valence-corrected chi connectivity index (χ3v) is 6.53. The Morgan fingerprint density at radius 1 is 1.08 bits per heavy atom. The maximum atomic E-state index is 13.6. The van der Waals surface area contributed by atoms with Crippen molar-refractivity contribution in [2.45, 2.75) is 25.8 Å². The van der Waals surface area contributed by atoms with Crippen LogP contribution in [-0.2, 0) is 29.1 Å². The van der Waals surface area contributed by atoms with E-state index in [-0.39, 0.29) is 23.4 Å². The average Bonchev–Trinajstić information content (AvgIpc) is 3.58. The van der Waals surface area contributed by atoms with Gasteiger partial charge in [-0.15, -0.1) is 0 Å². The summed E-state index contributed by atoms with van der Waals surface area (Å²) in [6.45, 7) is 2.32. The summed E-state index contributed by atoms with van der Waals surface area (Å²) in [6, 6.07) is 12.9. The molecule has 0 atom stereocenters. The van der Waals surface area contributed by atoms with Gasteiger partial charge in [0.05, 0.1) is 59.2 Å². The number of halogens is 3. The summed E-state index contributed by atoms with van der Waals surface area (Å²) in [4.78, 5) is 26.8. The van der Waals surface area contributed by atoms with Gasteiger partial charge in [0, 0.05) is 24.7 Å². The van der Waals surface area contributed by atoms with E-state index in [1.807, 2.05) is 6.07 Å². The Balaban J connectivity index is 1.78. The predicted octanol–water partition coefficient (Wildman–Crippen LogP) is 3.50. The van der Waals surface area contributed by atoms with Crippen LogP contribution in [-0.4, -0.2) is 38.4 Å². The number of nitriles is 1. The molecule has 9 nitrogen and oxygen atoms in total. The first kappa shape index (κ1) is 26.1. The van der Waals surface area contributed by atoms with Crippen LogP contribution in [0, 0.1) is 18.3 Å². The molecular weight excluding hydrogens is 515 g/mol. The number of hydrogen-bond donors (Lipinski definition) is 0. The third-order valence-electron chi connectivity index (χ3n) is 6.53. The average molecular weight is 537 g/mol. The van der Waals surface area contributed by atoms with Gasteiger partial charge in [-0.1, -0.05) is 6.07 Å². The summed E-state index contributed by atoms with van der Waals surface area (Å²) < 4.78 is 55.0. The first-order chi connectivity index (χ1) is 18.6. The van der Waals surface area contributed by atoms with Crippen molar-refractivity contribution in [2.75, 3.05) is 13.2 Å². The monoisotopic (exact) mass is 537 g/mol. The number of benzene rings is 2. The highest BCUT2D eigenvalue weighted by Crippen LogP contribution is 2.32. The van der Waals surface area contributed by atoms with Crippen molar-refractivity contribution < 1.29 is 22.6 Å². The van der Waals surface area contributed by atoms with Gasteiger partial charge in [0.25, 0.3) is 5.56 Å². The van der Waals surface area contributed by atoms with E-state index in [0.29, 0.717) is 35.7 Å². The quantitative estimate of drug-likeness (QED) is 0.386. The Kier molecular flexibility index (Phi) is 6.71. The van der Waals surface area contributed by atoms with E-state index in [0.717, 1.165) is 21.3 Å². The zero-order valence-corrected chi connectivity index (χ0v) is 20.9. The lowest BCUT2D eigenvalue weighted by Crippen LogP contribution is -2.40. The summed E-state index contributed by atoms with van der Waals surface area (Å²) in [6.07, 6.45) is -3.42. The van der Waals surface area contributed by atoms with Crippen molar-refractivity contribution in [1.29, 1.82) is 5.26 Å². The third kappa shape index (κ3) is 4.78. The van der Waals surface area contributed by atoms with Gasteiger partial charge in [-0.25, -0.2) is 9.48 Å². The minimum atomic E-state index is -4.63. The van der Waals surface area contributed by atoms with E-state index in [9.17, 15) is 28.0 Å². The van der Waals surface area contributed by atoms with E-state index in [1.54, 1.807) is 30.5 Å². The number of rotatable bonds is 5. The zero-order chi connectivity index (χ0) is 27.9. The van der Waals surface area contributed by atoms with Gasteiger partial charge in [0.1, 0.15) is 0 Å². The highest BCUT2D eigenvalue weighted by Gasteiger charge is 2.31. The Morgan fingerprint density at radius 3 is 2.41 bits per heavy atom. The fraction of sp³-hybridized carbons (Fsp3) is 0.259. The molecule has 0 unspecified atom stereocenters. The summed E-state index contributed by atoms with van der Waals surface area (Å²) >= 11 is 0. The minimum Gasteiger partial charge on any atom is -0.350 e.